The van der Waals surface area contributed by atoms with Crippen molar-refractivity contribution in [1.82, 2.24) is 0 Å². The first-order chi connectivity index (χ1) is 12.5. The van der Waals surface area contributed by atoms with Gasteiger partial charge in [0.1, 0.15) is 0 Å². The summed E-state index contributed by atoms with van der Waals surface area (Å²) in [5.41, 5.74) is 1.11. The molecule has 0 aromatic heterocycles. The lowest BCUT2D eigenvalue weighted by atomic mass is 9.44. The van der Waals surface area contributed by atoms with Gasteiger partial charge in [0.2, 0.25) is 0 Å². The SMILES string of the molecule is CC12CCC(O)CC1CCC1C2CCC2(C)C1CC[C@@H]2CCCCCO. The van der Waals surface area contributed by atoms with Gasteiger partial charge in [-0.05, 0) is 111 Å². The van der Waals surface area contributed by atoms with Crippen molar-refractivity contribution < 1.29 is 10.2 Å². The van der Waals surface area contributed by atoms with Gasteiger partial charge in [0, 0.05) is 6.61 Å². The zero-order valence-corrected chi connectivity index (χ0v) is 17.3. The monoisotopic (exact) mass is 362 g/mol. The molecule has 0 radical (unpaired) electrons. The van der Waals surface area contributed by atoms with Crippen molar-refractivity contribution in [3.63, 3.8) is 0 Å². The number of fused-ring (bicyclic) bond motifs is 5. The highest BCUT2D eigenvalue weighted by molar-refractivity contribution is 5.09. The summed E-state index contributed by atoms with van der Waals surface area (Å²) in [5.74, 6) is 4.58. The van der Waals surface area contributed by atoms with E-state index in [1.807, 2.05) is 0 Å². The Hall–Kier alpha value is -0.0800. The molecule has 4 aliphatic carbocycles. The zero-order valence-electron chi connectivity index (χ0n) is 17.3. The topological polar surface area (TPSA) is 40.5 Å². The van der Waals surface area contributed by atoms with Crippen LogP contribution in [0.5, 0.6) is 0 Å². The van der Waals surface area contributed by atoms with Gasteiger partial charge in [-0.3, -0.25) is 0 Å². The first-order valence-corrected chi connectivity index (χ1v) is 11.8. The second-order valence-electron chi connectivity index (χ2n) is 11.0. The maximum atomic E-state index is 10.2. The molecule has 0 spiro atoms. The third-order valence-electron chi connectivity index (χ3n) is 10.0. The third-order valence-corrected chi connectivity index (χ3v) is 10.0. The fraction of sp³-hybridized carbons (Fsp3) is 1.00. The third kappa shape index (κ3) is 3.08. The average Bonchev–Trinajstić information content (AvgIpc) is 2.96. The van der Waals surface area contributed by atoms with Crippen LogP contribution in [0.15, 0.2) is 0 Å². The summed E-state index contributed by atoms with van der Waals surface area (Å²) >= 11 is 0. The minimum absolute atomic E-state index is 0.0201. The van der Waals surface area contributed by atoms with E-state index in [1.165, 1.54) is 64.2 Å². The molecule has 4 aliphatic rings. The van der Waals surface area contributed by atoms with Gasteiger partial charge in [0.25, 0.3) is 0 Å². The Labute approximate surface area is 161 Å². The normalized spacial score (nSPS) is 50.8. The molecule has 0 aromatic rings. The van der Waals surface area contributed by atoms with Gasteiger partial charge in [0.15, 0.2) is 0 Å². The van der Waals surface area contributed by atoms with Gasteiger partial charge in [0.05, 0.1) is 6.10 Å². The van der Waals surface area contributed by atoms with Crippen LogP contribution in [-0.4, -0.2) is 22.9 Å². The standard InChI is InChI=1S/C24H42O2/c1-23-14-12-22-20(9-7-18-16-19(26)11-13-24(18,22)2)21(23)10-8-17(23)6-4-3-5-15-25/h17-22,25-26H,3-16H2,1-2H3/t17-,18?,19?,20?,21?,22?,23?,24?/m0/s1. The van der Waals surface area contributed by atoms with Crippen LogP contribution >= 0.6 is 0 Å². The molecule has 4 rings (SSSR count). The van der Waals surface area contributed by atoms with Gasteiger partial charge in [-0.25, -0.2) is 0 Å². The molecule has 0 amide bonds. The Kier molecular flexibility index (Phi) is 5.47. The Morgan fingerprint density at radius 2 is 1.58 bits per heavy atom. The molecule has 2 nitrogen and oxygen atoms in total. The van der Waals surface area contributed by atoms with Crippen molar-refractivity contribution in [3.8, 4) is 0 Å². The Morgan fingerprint density at radius 1 is 0.808 bits per heavy atom. The predicted molar refractivity (Wildman–Crippen MR) is 107 cm³/mol. The van der Waals surface area contributed by atoms with E-state index in [2.05, 4.69) is 13.8 Å². The lowest BCUT2D eigenvalue weighted by Gasteiger charge is -2.61. The largest absolute Gasteiger partial charge is 0.396 e. The van der Waals surface area contributed by atoms with Gasteiger partial charge in [-0.2, -0.15) is 0 Å². The lowest BCUT2D eigenvalue weighted by Crippen LogP contribution is -2.53. The van der Waals surface area contributed by atoms with E-state index in [1.54, 1.807) is 0 Å². The van der Waals surface area contributed by atoms with Crippen LogP contribution in [0.4, 0.5) is 0 Å². The summed E-state index contributed by atoms with van der Waals surface area (Å²) in [5, 5.41) is 19.2. The number of hydrogen-bond acceptors (Lipinski definition) is 2. The van der Waals surface area contributed by atoms with Crippen LogP contribution in [0.3, 0.4) is 0 Å². The van der Waals surface area contributed by atoms with Crippen molar-refractivity contribution in [1.29, 1.82) is 0 Å². The van der Waals surface area contributed by atoms with E-state index in [-0.39, 0.29) is 6.10 Å². The van der Waals surface area contributed by atoms with E-state index in [4.69, 9.17) is 5.11 Å². The fourth-order valence-corrected chi connectivity index (χ4v) is 8.50. The molecule has 0 saturated heterocycles. The number of aliphatic hydroxyl groups is 2. The zero-order chi connectivity index (χ0) is 18.4. The molecular weight excluding hydrogens is 320 g/mol. The molecule has 0 bridgehead atoms. The summed E-state index contributed by atoms with van der Waals surface area (Å²) in [6, 6.07) is 0. The van der Waals surface area contributed by atoms with E-state index >= 15 is 0 Å². The van der Waals surface area contributed by atoms with Gasteiger partial charge < -0.3 is 10.2 Å². The first-order valence-electron chi connectivity index (χ1n) is 11.8. The molecule has 26 heavy (non-hydrogen) atoms. The van der Waals surface area contributed by atoms with Crippen LogP contribution in [-0.2, 0) is 0 Å². The Bertz CT molecular complexity index is 491. The molecule has 2 N–H and O–H groups in total. The van der Waals surface area contributed by atoms with Crippen LogP contribution < -0.4 is 0 Å². The molecule has 2 heteroatoms. The maximum Gasteiger partial charge on any atom is 0.0543 e. The molecule has 8 atom stereocenters. The van der Waals surface area contributed by atoms with Crippen molar-refractivity contribution in [3.05, 3.63) is 0 Å². The second-order valence-corrected chi connectivity index (χ2v) is 11.0. The lowest BCUT2D eigenvalue weighted by molar-refractivity contribution is -0.127. The van der Waals surface area contributed by atoms with Crippen molar-refractivity contribution >= 4 is 0 Å². The van der Waals surface area contributed by atoms with Crippen LogP contribution in [0.1, 0.15) is 97.3 Å². The molecule has 4 saturated carbocycles. The molecular formula is C24H42O2. The van der Waals surface area contributed by atoms with Gasteiger partial charge in [-0.15, -0.1) is 0 Å². The van der Waals surface area contributed by atoms with Gasteiger partial charge in [-0.1, -0.05) is 26.7 Å². The number of rotatable bonds is 5. The summed E-state index contributed by atoms with van der Waals surface area (Å²) < 4.78 is 0. The first kappa shape index (κ1) is 19.2. The molecule has 0 aromatic carbocycles. The Morgan fingerprint density at radius 3 is 2.38 bits per heavy atom. The maximum absolute atomic E-state index is 10.2. The second kappa shape index (κ2) is 7.39. The van der Waals surface area contributed by atoms with Crippen molar-refractivity contribution in [2.45, 2.75) is 103 Å². The quantitative estimate of drug-likeness (QED) is 0.629. The van der Waals surface area contributed by atoms with E-state index in [0.29, 0.717) is 17.4 Å². The fourth-order valence-electron chi connectivity index (χ4n) is 8.50. The molecule has 0 heterocycles. The van der Waals surface area contributed by atoms with Crippen molar-refractivity contribution in [2.75, 3.05) is 6.61 Å². The van der Waals surface area contributed by atoms with Gasteiger partial charge >= 0.3 is 0 Å². The predicted octanol–water partition coefficient (Wildman–Crippen LogP) is 5.56. The summed E-state index contributed by atoms with van der Waals surface area (Å²) in [4.78, 5) is 0. The number of aliphatic hydroxyl groups excluding tert-OH is 2. The minimum Gasteiger partial charge on any atom is -0.396 e. The summed E-state index contributed by atoms with van der Waals surface area (Å²) in [6.07, 6.45) is 17.0. The van der Waals surface area contributed by atoms with Crippen LogP contribution in [0.2, 0.25) is 0 Å². The van der Waals surface area contributed by atoms with Crippen molar-refractivity contribution in [2.24, 2.45) is 40.4 Å². The smallest absolute Gasteiger partial charge is 0.0543 e. The highest BCUT2D eigenvalue weighted by Crippen LogP contribution is 2.67. The highest BCUT2D eigenvalue weighted by atomic mass is 16.3. The van der Waals surface area contributed by atoms with E-state index in [9.17, 15) is 5.11 Å². The average molecular weight is 363 g/mol. The molecule has 0 aliphatic heterocycles. The minimum atomic E-state index is -0.0201. The summed E-state index contributed by atoms with van der Waals surface area (Å²) in [6.45, 7) is 5.61. The Balaban J connectivity index is 1.46. The summed E-state index contributed by atoms with van der Waals surface area (Å²) in [7, 11) is 0. The van der Waals surface area contributed by atoms with E-state index < -0.39 is 0 Å². The highest BCUT2D eigenvalue weighted by Gasteiger charge is 2.59. The number of unbranched alkanes of at least 4 members (excludes halogenated alkanes) is 2. The molecule has 7 unspecified atom stereocenters. The van der Waals surface area contributed by atoms with Crippen LogP contribution in [0.25, 0.3) is 0 Å². The molecule has 150 valence electrons. The molecule has 4 fully saturated rings. The number of hydrogen-bond donors (Lipinski definition) is 2. The van der Waals surface area contributed by atoms with E-state index in [0.717, 1.165) is 48.9 Å². The van der Waals surface area contributed by atoms with Crippen LogP contribution in [0, 0.1) is 40.4 Å².